The molecule has 0 radical (unpaired) electrons. The van der Waals surface area contributed by atoms with Crippen LogP contribution >= 0.6 is 0 Å². The van der Waals surface area contributed by atoms with E-state index in [1.165, 1.54) is 0 Å². The maximum absolute atomic E-state index is 13.3. The Labute approximate surface area is 167 Å². The zero-order valence-corrected chi connectivity index (χ0v) is 16.4. The standard InChI is InChI=1S/C22H22N2O5/c1-3-12-13-7-11(25)5-6-17(13)23-19-14(12)9-24-18(19)8-16-15(20(24)26)10-29-21(27)22(16,28)4-2/h5-7,18,25,28H,3-4,8-10H2,1-2H3. The highest BCUT2D eigenvalue weighted by atomic mass is 16.6. The van der Waals surface area contributed by atoms with Crippen LogP contribution < -0.4 is 0 Å². The molecule has 2 unspecified atom stereocenters. The van der Waals surface area contributed by atoms with Gasteiger partial charge in [0.2, 0.25) is 0 Å². The minimum atomic E-state index is -1.76. The largest absolute Gasteiger partial charge is 0.508 e. The van der Waals surface area contributed by atoms with Gasteiger partial charge in [-0.3, -0.25) is 9.78 Å². The average Bonchev–Trinajstić information content (AvgIpc) is 3.08. The maximum Gasteiger partial charge on any atom is 0.342 e. The number of aryl methyl sites for hydroxylation is 1. The molecule has 0 spiro atoms. The molecule has 1 aromatic carbocycles. The summed E-state index contributed by atoms with van der Waals surface area (Å²) in [5, 5.41) is 21.8. The van der Waals surface area contributed by atoms with Crippen LogP contribution in [-0.2, 0) is 27.3 Å². The minimum absolute atomic E-state index is 0.0984. The molecule has 5 rings (SSSR count). The predicted octanol–water partition coefficient (Wildman–Crippen LogP) is 2.28. The normalized spacial score (nSPS) is 25.8. The summed E-state index contributed by atoms with van der Waals surface area (Å²) in [6, 6.07) is 4.78. The topological polar surface area (TPSA) is 100.0 Å². The maximum atomic E-state index is 13.3. The molecule has 0 aliphatic carbocycles. The molecule has 4 heterocycles. The van der Waals surface area contributed by atoms with E-state index in [2.05, 4.69) is 0 Å². The van der Waals surface area contributed by atoms with Gasteiger partial charge in [0.15, 0.2) is 5.60 Å². The van der Waals surface area contributed by atoms with Crippen molar-refractivity contribution in [3.05, 3.63) is 46.2 Å². The monoisotopic (exact) mass is 394 g/mol. The number of aromatic nitrogens is 1. The number of pyridine rings is 1. The Balaban J connectivity index is 1.68. The number of cyclic esters (lactones) is 1. The second-order valence-corrected chi connectivity index (χ2v) is 7.91. The lowest BCUT2D eigenvalue weighted by molar-refractivity contribution is -0.165. The van der Waals surface area contributed by atoms with Crippen molar-refractivity contribution < 1.29 is 24.5 Å². The van der Waals surface area contributed by atoms with E-state index >= 15 is 0 Å². The molecule has 2 N–H and O–H groups in total. The number of phenolic OH excluding ortho intramolecular Hbond substituents is 1. The van der Waals surface area contributed by atoms with Gasteiger partial charge in [0.25, 0.3) is 5.91 Å². The molecular weight excluding hydrogens is 372 g/mol. The van der Waals surface area contributed by atoms with E-state index in [4.69, 9.17) is 9.72 Å². The van der Waals surface area contributed by atoms with Gasteiger partial charge in [-0.2, -0.15) is 0 Å². The predicted molar refractivity (Wildman–Crippen MR) is 104 cm³/mol. The molecule has 150 valence electrons. The molecule has 3 aliphatic rings. The van der Waals surface area contributed by atoms with Crippen molar-refractivity contribution in [1.29, 1.82) is 0 Å². The number of hydrogen-bond acceptors (Lipinski definition) is 6. The Morgan fingerprint density at radius 3 is 2.83 bits per heavy atom. The Kier molecular flexibility index (Phi) is 3.77. The summed E-state index contributed by atoms with van der Waals surface area (Å²) >= 11 is 0. The second-order valence-electron chi connectivity index (χ2n) is 7.91. The number of phenols is 1. The summed E-state index contributed by atoms with van der Waals surface area (Å²) in [6.45, 7) is 4.09. The number of hydrogen-bond donors (Lipinski definition) is 2. The molecule has 7 heteroatoms. The number of rotatable bonds is 2. The average molecular weight is 394 g/mol. The number of aromatic hydroxyl groups is 1. The lowest BCUT2D eigenvalue weighted by Gasteiger charge is -2.41. The fourth-order valence-electron chi connectivity index (χ4n) is 5.01. The molecule has 0 saturated carbocycles. The first kappa shape index (κ1) is 18.1. The molecule has 7 nitrogen and oxygen atoms in total. The molecule has 0 bridgehead atoms. The lowest BCUT2D eigenvalue weighted by atomic mass is 9.79. The van der Waals surface area contributed by atoms with Crippen molar-refractivity contribution in [3.63, 3.8) is 0 Å². The van der Waals surface area contributed by atoms with E-state index in [1.54, 1.807) is 30.0 Å². The van der Waals surface area contributed by atoms with Gasteiger partial charge in [-0.25, -0.2) is 4.79 Å². The zero-order valence-electron chi connectivity index (χ0n) is 16.4. The number of fused-ring (bicyclic) bond motifs is 4. The molecule has 2 atom stereocenters. The van der Waals surface area contributed by atoms with Crippen LogP contribution in [0.3, 0.4) is 0 Å². The smallest absolute Gasteiger partial charge is 0.342 e. The second kappa shape index (κ2) is 6.03. The van der Waals surface area contributed by atoms with E-state index in [9.17, 15) is 19.8 Å². The summed E-state index contributed by atoms with van der Waals surface area (Å²) in [4.78, 5) is 32.1. The minimum Gasteiger partial charge on any atom is -0.508 e. The fourth-order valence-corrected chi connectivity index (χ4v) is 5.01. The van der Waals surface area contributed by atoms with Crippen molar-refractivity contribution in [3.8, 4) is 5.75 Å². The quantitative estimate of drug-likeness (QED) is 0.758. The van der Waals surface area contributed by atoms with Gasteiger partial charge < -0.3 is 19.8 Å². The van der Waals surface area contributed by atoms with E-state index in [0.717, 1.165) is 34.1 Å². The Bertz CT molecular complexity index is 1120. The number of carbonyl (C=O) groups excluding carboxylic acids is 2. The van der Waals surface area contributed by atoms with Crippen LogP contribution in [0.4, 0.5) is 0 Å². The Morgan fingerprint density at radius 1 is 1.31 bits per heavy atom. The van der Waals surface area contributed by atoms with Gasteiger partial charge in [-0.15, -0.1) is 0 Å². The highest BCUT2D eigenvalue weighted by Gasteiger charge is 2.52. The number of benzene rings is 1. The number of amides is 1. The molecule has 0 saturated heterocycles. The molecule has 0 fully saturated rings. The van der Waals surface area contributed by atoms with Gasteiger partial charge >= 0.3 is 5.97 Å². The number of carbonyl (C=O) groups is 2. The van der Waals surface area contributed by atoms with E-state index in [1.807, 2.05) is 6.92 Å². The molecule has 29 heavy (non-hydrogen) atoms. The van der Waals surface area contributed by atoms with Gasteiger partial charge in [0, 0.05) is 11.9 Å². The van der Waals surface area contributed by atoms with Gasteiger partial charge in [-0.1, -0.05) is 13.8 Å². The van der Waals surface area contributed by atoms with Crippen LogP contribution in [-0.4, -0.2) is 44.2 Å². The molecular formula is C22H22N2O5. The SMILES string of the molecule is CCc1c2c(nc3ccc(O)cc13)C1CC3=C(COC(=O)C3(O)CC)C(=O)N1C2. The van der Waals surface area contributed by atoms with Gasteiger partial charge in [-0.05, 0) is 54.2 Å². The molecule has 3 aliphatic heterocycles. The van der Waals surface area contributed by atoms with Crippen LogP contribution in [0.25, 0.3) is 10.9 Å². The molecule has 1 aromatic heterocycles. The van der Waals surface area contributed by atoms with Crippen molar-refractivity contribution in [1.82, 2.24) is 9.88 Å². The van der Waals surface area contributed by atoms with Crippen molar-refractivity contribution in [2.75, 3.05) is 6.61 Å². The first-order valence-electron chi connectivity index (χ1n) is 9.96. The van der Waals surface area contributed by atoms with Crippen LogP contribution in [0.2, 0.25) is 0 Å². The fraction of sp³-hybridized carbons (Fsp3) is 0.409. The van der Waals surface area contributed by atoms with Crippen molar-refractivity contribution in [2.24, 2.45) is 0 Å². The summed E-state index contributed by atoms with van der Waals surface area (Å²) in [5.41, 5.74) is 2.75. The summed E-state index contributed by atoms with van der Waals surface area (Å²) in [5.74, 6) is -0.710. The van der Waals surface area contributed by atoms with Crippen LogP contribution in [0.15, 0.2) is 29.3 Å². The third-order valence-corrected chi connectivity index (χ3v) is 6.57. The third-order valence-electron chi connectivity index (χ3n) is 6.57. The highest BCUT2D eigenvalue weighted by molar-refractivity contribution is 6.01. The van der Waals surface area contributed by atoms with Gasteiger partial charge in [0.05, 0.1) is 22.8 Å². The highest BCUT2D eigenvalue weighted by Crippen LogP contribution is 2.48. The van der Waals surface area contributed by atoms with Crippen LogP contribution in [0, 0.1) is 0 Å². The van der Waals surface area contributed by atoms with Crippen LogP contribution in [0.5, 0.6) is 5.75 Å². The summed E-state index contributed by atoms with van der Waals surface area (Å²) in [6.07, 6.45) is 1.27. The van der Waals surface area contributed by atoms with E-state index in [-0.39, 0.29) is 30.7 Å². The van der Waals surface area contributed by atoms with E-state index < -0.39 is 11.6 Å². The number of nitrogens with zero attached hydrogens (tertiary/aromatic N) is 2. The Hall–Kier alpha value is -2.93. The Morgan fingerprint density at radius 2 is 2.10 bits per heavy atom. The van der Waals surface area contributed by atoms with Crippen molar-refractivity contribution in [2.45, 2.75) is 51.3 Å². The van der Waals surface area contributed by atoms with Gasteiger partial charge in [0.1, 0.15) is 12.4 Å². The number of esters is 1. The summed E-state index contributed by atoms with van der Waals surface area (Å²) < 4.78 is 5.13. The van der Waals surface area contributed by atoms with E-state index in [0.29, 0.717) is 24.1 Å². The zero-order chi connectivity index (χ0) is 20.5. The van der Waals surface area contributed by atoms with Crippen molar-refractivity contribution >= 4 is 22.8 Å². The molecule has 1 amide bonds. The van der Waals surface area contributed by atoms with Crippen LogP contribution in [0.1, 0.15) is 49.6 Å². The first-order chi connectivity index (χ1) is 13.9. The lowest BCUT2D eigenvalue weighted by Crippen LogP contribution is -2.51. The first-order valence-corrected chi connectivity index (χ1v) is 9.96. The third kappa shape index (κ3) is 2.31. The number of ether oxygens (including phenoxy) is 1. The summed E-state index contributed by atoms with van der Waals surface area (Å²) in [7, 11) is 0. The molecule has 2 aromatic rings. The number of aliphatic hydroxyl groups is 1.